The van der Waals surface area contributed by atoms with Crippen LogP contribution in [0.25, 0.3) is 0 Å². The van der Waals surface area contributed by atoms with Crippen molar-refractivity contribution in [2.45, 2.75) is 6.04 Å². The zero-order chi connectivity index (χ0) is 17.8. The van der Waals surface area contributed by atoms with Gasteiger partial charge in [-0.3, -0.25) is 9.69 Å². The Labute approximate surface area is 166 Å². The molecular formula is C17H17Br2FN2O2S. The van der Waals surface area contributed by atoms with Gasteiger partial charge in [0.25, 0.3) is 5.91 Å². The van der Waals surface area contributed by atoms with E-state index in [9.17, 15) is 9.18 Å². The molecule has 0 aliphatic carbocycles. The third kappa shape index (κ3) is 4.89. The number of rotatable bonds is 5. The Hall–Kier alpha value is -0.800. The standard InChI is InChI=1S/C17H17Br2FN2O2S/c18-13-9-15(25-16(13)19)17(23)21-10-14(22-5-7-24-8-6-22)11-1-3-12(20)4-2-11/h1-4,9,14H,5-8,10H2,(H,21,23). The number of thiophene rings is 1. The van der Waals surface area contributed by atoms with Crippen LogP contribution in [0, 0.1) is 5.82 Å². The van der Waals surface area contributed by atoms with Crippen molar-refractivity contribution in [3.8, 4) is 0 Å². The fourth-order valence-corrected chi connectivity index (χ4v) is 4.72. The van der Waals surface area contributed by atoms with E-state index in [0.29, 0.717) is 24.6 Å². The van der Waals surface area contributed by atoms with E-state index in [-0.39, 0.29) is 17.8 Å². The first-order valence-electron chi connectivity index (χ1n) is 7.85. The maximum absolute atomic E-state index is 13.3. The highest BCUT2D eigenvalue weighted by Crippen LogP contribution is 2.32. The number of amides is 1. The van der Waals surface area contributed by atoms with Gasteiger partial charge < -0.3 is 10.1 Å². The van der Waals surface area contributed by atoms with Crippen LogP contribution in [0.2, 0.25) is 0 Å². The summed E-state index contributed by atoms with van der Waals surface area (Å²) < 4.78 is 20.4. The summed E-state index contributed by atoms with van der Waals surface area (Å²) in [4.78, 5) is 15.3. The van der Waals surface area contributed by atoms with Gasteiger partial charge in [0.2, 0.25) is 0 Å². The number of halogens is 3. The molecular weight excluding hydrogens is 475 g/mol. The van der Waals surface area contributed by atoms with Crippen LogP contribution in [0.1, 0.15) is 21.3 Å². The van der Waals surface area contributed by atoms with Crippen molar-refractivity contribution in [1.82, 2.24) is 10.2 Å². The Morgan fingerprint density at radius 3 is 2.56 bits per heavy atom. The molecule has 2 aromatic rings. The van der Waals surface area contributed by atoms with Gasteiger partial charge in [0.05, 0.1) is 27.9 Å². The molecule has 1 amide bonds. The van der Waals surface area contributed by atoms with Gasteiger partial charge in [-0.15, -0.1) is 11.3 Å². The van der Waals surface area contributed by atoms with Gasteiger partial charge in [0.15, 0.2) is 0 Å². The van der Waals surface area contributed by atoms with Gasteiger partial charge in [-0.1, -0.05) is 12.1 Å². The molecule has 0 radical (unpaired) electrons. The lowest BCUT2D eigenvalue weighted by molar-refractivity contribution is 0.0162. The number of morpholine rings is 1. The SMILES string of the molecule is O=C(NCC(c1ccc(F)cc1)N1CCOCC1)c1cc(Br)c(Br)s1. The number of benzene rings is 1. The van der Waals surface area contributed by atoms with E-state index in [4.69, 9.17) is 4.74 Å². The van der Waals surface area contributed by atoms with Crippen LogP contribution in [0.5, 0.6) is 0 Å². The minimum Gasteiger partial charge on any atom is -0.379 e. The highest BCUT2D eigenvalue weighted by Gasteiger charge is 2.24. The van der Waals surface area contributed by atoms with Crippen LogP contribution in [0.3, 0.4) is 0 Å². The Morgan fingerprint density at radius 1 is 1.28 bits per heavy atom. The minimum atomic E-state index is -0.262. The lowest BCUT2D eigenvalue weighted by atomic mass is 10.0. The molecule has 0 bridgehead atoms. The molecule has 25 heavy (non-hydrogen) atoms. The van der Waals surface area contributed by atoms with E-state index in [1.165, 1.54) is 23.5 Å². The lowest BCUT2D eigenvalue weighted by Gasteiger charge is -2.34. The van der Waals surface area contributed by atoms with Crippen molar-refractivity contribution in [2.24, 2.45) is 0 Å². The maximum Gasteiger partial charge on any atom is 0.261 e. The molecule has 1 aliphatic rings. The highest BCUT2D eigenvalue weighted by atomic mass is 79.9. The lowest BCUT2D eigenvalue weighted by Crippen LogP contribution is -2.43. The van der Waals surface area contributed by atoms with Crippen LogP contribution < -0.4 is 5.32 Å². The van der Waals surface area contributed by atoms with Gasteiger partial charge in [-0.25, -0.2) is 4.39 Å². The summed E-state index contributed by atoms with van der Waals surface area (Å²) in [7, 11) is 0. The normalized spacial score (nSPS) is 16.6. The second-order valence-electron chi connectivity index (χ2n) is 5.66. The topological polar surface area (TPSA) is 41.6 Å². The van der Waals surface area contributed by atoms with Crippen molar-refractivity contribution >= 4 is 49.1 Å². The molecule has 1 fully saturated rings. The molecule has 2 heterocycles. The number of nitrogens with zero attached hydrogens (tertiary/aromatic N) is 1. The average Bonchev–Trinajstić information content (AvgIpc) is 2.96. The zero-order valence-corrected chi connectivity index (χ0v) is 17.3. The molecule has 1 aromatic carbocycles. The van der Waals surface area contributed by atoms with Gasteiger partial charge in [0, 0.05) is 24.1 Å². The first-order valence-corrected chi connectivity index (χ1v) is 10.2. The molecule has 1 aliphatic heterocycles. The van der Waals surface area contributed by atoms with Crippen molar-refractivity contribution < 1.29 is 13.9 Å². The second kappa shape index (κ2) is 8.73. The number of carbonyl (C=O) groups is 1. The summed E-state index contributed by atoms with van der Waals surface area (Å²) in [6, 6.07) is 8.25. The van der Waals surface area contributed by atoms with Crippen molar-refractivity contribution in [1.29, 1.82) is 0 Å². The van der Waals surface area contributed by atoms with Gasteiger partial charge in [-0.05, 0) is 55.6 Å². The number of ether oxygens (including phenoxy) is 1. The highest BCUT2D eigenvalue weighted by molar-refractivity contribution is 9.13. The predicted octanol–water partition coefficient (Wildman–Crippen LogP) is 4.22. The maximum atomic E-state index is 13.3. The number of nitrogens with one attached hydrogen (secondary N) is 1. The summed E-state index contributed by atoms with van der Waals surface area (Å²) in [5.41, 5.74) is 0.983. The van der Waals surface area contributed by atoms with E-state index < -0.39 is 0 Å². The largest absolute Gasteiger partial charge is 0.379 e. The molecule has 1 N–H and O–H groups in total. The quantitative estimate of drug-likeness (QED) is 0.680. The molecule has 134 valence electrons. The van der Waals surface area contributed by atoms with Crippen molar-refractivity contribution in [3.63, 3.8) is 0 Å². The Kier molecular flexibility index (Phi) is 6.62. The molecule has 0 spiro atoms. The molecule has 3 rings (SSSR count). The second-order valence-corrected chi connectivity index (χ2v) is 8.88. The fraction of sp³-hybridized carbons (Fsp3) is 0.353. The van der Waals surface area contributed by atoms with Crippen molar-refractivity contribution in [2.75, 3.05) is 32.8 Å². The van der Waals surface area contributed by atoms with Crippen LogP contribution in [0.15, 0.2) is 38.6 Å². The monoisotopic (exact) mass is 490 g/mol. The minimum absolute atomic E-state index is 0.0136. The van der Waals surface area contributed by atoms with Crippen LogP contribution in [-0.4, -0.2) is 43.7 Å². The van der Waals surface area contributed by atoms with Gasteiger partial charge >= 0.3 is 0 Å². The molecule has 4 nitrogen and oxygen atoms in total. The van der Waals surface area contributed by atoms with E-state index >= 15 is 0 Å². The summed E-state index contributed by atoms with van der Waals surface area (Å²) in [5, 5.41) is 3.00. The summed E-state index contributed by atoms with van der Waals surface area (Å²) in [5.74, 6) is -0.376. The first kappa shape index (κ1) is 19.0. The van der Waals surface area contributed by atoms with Crippen molar-refractivity contribution in [3.05, 3.63) is 54.8 Å². The number of hydrogen-bond acceptors (Lipinski definition) is 4. The Morgan fingerprint density at radius 2 is 1.96 bits per heavy atom. The van der Waals surface area contributed by atoms with Gasteiger partial charge in [0.1, 0.15) is 5.82 Å². The molecule has 1 aromatic heterocycles. The van der Waals surface area contributed by atoms with E-state index in [1.54, 1.807) is 18.2 Å². The van der Waals surface area contributed by atoms with E-state index in [0.717, 1.165) is 26.9 Å². The van der Waals surface area contributed by atoms with Gasteiger partial charge in [-0.2, -0.15) is 0 Å². The third-order valence-corrected chi connectivity index (χ3v) is 7.32. The fourth-order valence-electron chi connectivity index (χ4n) is 2.77. The number of hydrogen-bond donors (Lipinski definition) is 1. The molecule has 1 saturated heterocycles. The Bertz CT molecular complexity index is 713. The average molecular weight is 492 g/mol. The molecule has 1 unspecified atom stereocenters. The Balaban J connectivity index is 1.72. The summed E-state index contributed by atoms with van der Waals surface area (Å²) in [6.45, 7) is 3.35. The van der Waals surface area contributed by atoms with Crippen LogP contribution >= 0.6 is 43.2 Å². The van der Waals surface area contributed by atoms with Crippen LogP contribution in [0.4, 0.5) is 4.39 Å². The smallest absolute Gasteiger partial charge is 0.261 e. The molecule has 8 heteroatoms. The summed E-state index contributed by atoms with van der Waals surface area (Å²) >= 11 is 8.18. The molecule has 1 atom stereocenters. The van der Waals surface area contributed by atoms with E-state index in [1.807, 2.05) is 0 Å². The number of carbonyl (C=O) groups excluding carboxylic acids is 1. The molecule has 0 saturated carbocycles. The predicted molar refractivity (Wildman–Crippen MR) is 104 cm³/mol. The third-order valence-electron chi connectivity index (χ3n) is 4.07. The first-order chi connectivity index (χ1) is 12.0. The zero-order valence-electron chi connectivity index (χ0n) is 13.3. The summed E-state index contributed by atoms with van der Waals surface area (Å²) in [6.07, 6.45) is 0. The van der Waals surface area contributed by atoms with Crippen LogP contribution in [-0.2, 0) is 4.74 Å². The van der Waals surface area contributed by atoms with E-state index in [2.05, 4.69) is 42.1 Å².